The van der Waals surface area contributed by atoms with E-state index in [0.717, 1.165) is 12.5 Å². The molecule has 0 aromatic carbocycles. The highest BCUT2D eigenvalue weighted by Crippen LogP contribution is 2.26. The molecule has 1 N–H and O–H groups in total. The number of halogens is 3. The third-order valence-corrected chi connectivity index (χ3v) is 2.59. The monoisotopic (exact) mass is 314 g/mol. The summed E-state index contributed by atoms with van der Waals surface area (Å²) in [5.41, 5.74) is 1.48. The van der Waals surface area contributed by atoms with Crippen molar-refractivity contribution in [1.82, 2.24) is 15.0 Å². The van der Waals surface area contributed by atoms with E-state index in [0.29, 0.717) is 10.8 Å². The van der Waals surface area contributed by atoms with Gasteiger partial charge in [-0.05, 0) is 24.6 Å². The zero-order valence-corrected chi connectivity index (χ0v) is 13.0. The Hall–Kier alpha value is -1.82. The van der Waals surface area contributed by atoms with Crippen LogP contribution < -0.4 is 5.32 Å². The molecule has 0 aliphatic heterocycles. The molecular formula is C14H17ClF2N4. The zero-order valence-electron chi connectivity index (χ0n) is 12.3. The first-order valence-electron chi connectivity index (χ1n) is 6.47. The number of nitrogens with one attached hydrogen (secondary N) is 1. The van der Waals surface area contributed by atoms with Gasteiger partial charge in [0.15, 0.2) is 0 Å². The van der Waals surface area contributed by atoms with E-state index in [1.54, 1.807) is 12.3 Å². The largest absolute Gasteiger partial charge is 0.340 e. The third kappa shape index (κ3) is 4.90. The minimum absolute atomic E-state index is 0.275. The Balaban J connectivity index is 0.00000106. The van der Waals surface area contributed by atoms with Crippen molar-refractivity contribution >= 4 is 23.1 Å². The predicted octanol–water partition coefficient (Wildman–Crippen LogP) is 4.71. The van der Waals surface area contributed by atoms with E-state index in [-0.39, 0.29) is 5.82 Å². The standard InChI is InChI=1S/C12H11ClF2N4.C2H6/c1-7-6-17-9(13)5-8(7)18-10-3-4-16-11(19-10)12(2,14)15;1-2/h3-6H,1-2H3,(H,16,17,18,19);1-2H3. The topological polar surface area (TPSA) is 50.7 Å². The van der Waals surface area contributed by atoms with Gasteiger partial charge in [0.1, 0.15) is 11.0 Å². The van der Waals surface area contributed by atoms with Crippen LogP contribution in [0.15, 0.2) is 24.5 Å². The molecule has 0 bridgehead atoms. The minimum atomic E-state index is -3.08. The number of anilines is 2. The summed E-state index contributed by atoms with van der Waals surface area (Å²) >= 11 is 5.78. The maximum absolute atomic E-state index is 13.1. The van der Waals surface area contributed by atoms with Crippen molar-refractivity contribution in [3.8, 4) is 0 Å². The molecule has 0 spiro atoms. The lowest BCUT2D eigenvalue weighted by atomic mass is 10.2. The van der Waals surface area contributed by atoms with Gasteiger partial charge in [-0.25, -0.2) is 15.0 Å². The molecule has 0 fully saturated rings. The number of hydrogen-bond acceptors (Lipinski definition) is 4. The molecule has 2 aromatic rings. The Morgan fingerprint density at radius 3 is 2.52 bits per heavy atom. The molecule has 0 saturated carbocycles. The highest BCUT2D eigenvalue weighted by molar-refractivity contribution is 6.29. The van der Waals surface area contributed by atoms with Crippen LogP contribution in [0.3, 0.4) is 0 Å². The fourth-order valence-electron chi connectivity index (χ4n) is 1.41. The van der Waals surface area contributed by atoms with Crippen molar-refractivity contribution in [2.75, 3.05) is 5.32 Å². The molecule has 0 unspecified atom stereocenters. The van der Waals surface area contributed by atoms with E-state index in [9.17, 15) is 8.78 Å². The first kappa shape index (κ1) is 17.2. The minimum Gasteiger partial charge on any atom is -0.340 e. The van der Waals surface area contributed by atoms with Crippen molar-refractivity contribution in [2.45, 2.75) is 33.6 Å². The van der Waals surface area contributed by atoms with Gasteiger partial charge in [0.2, 0.25) is 5.82 Å². The second-order valence-corrected chi connectivity index (χ2v) is 4.49. The Morgan fingerprint density at radius 1 is 1.24 bits per heavy atom. The van der Waals surface area contributed by atoms with Crippen molar-refractivity contribution < 1.29 is 8.78 Å². The van der Waals surface area contributed by atoms with Gasteiger partial charge in [-0.1, -0.05) is 25.4 Å². The molecule has 4 nitrogen and oxygen atoms in total. The first-order chi connectivity index (χ1) is 9.86. The van der Waals surface area contributed by atoms with Crippen LogP contribution in [0.4, 0.5) is 20.3 Å². The lowest BCUT2D eigenvalue weighted by Gasteiger charge is -2.12. The summed E-state index contributed by atoms with van der Waals surface area (Å²) < 4.78 is 26.3. The van der Waals surface area contributed by atoms with Crippen molar-refractivity contribution in [3.63, 3.8) is 0 Å². The van der Waals surface area contributed by atoms with Crippen LogP contribution in [0, 0.1) is 6.92 Å². The molecule has 114 valence electrons. The summed E-state index contributed by atoms with van der Waals surface area (Å²) in [5.74, 6) is -3.34. The van der Waals surface area contributed by atoms with E-state index in [1.165, 1.54) is 12.3 Å². The number of hydrogen-bond donors (Lipinski definition) is 1. The van der Waals surface area contributed by atoms with Gasteiger partial charge >= 0.3 is 5.92 Å². The maximum atomic E-state index is 13.1. The first-order valence-corrected chi connectivity index (χ1v) is 6.84. The van der Waals surface area contributed by atoms with Gasteiger partial charge in [-0.3, -0.25) is 0 Å². The van der Waals surface area contributed by atoms with Crippen molar-refractivity contribution in [2.24, 2.45) is 0 Å². The van der Waals surface area contributed by atoms with Gasteiger partial charge in [-0.15, -0.1) is 0 Å². The lowest BCUT2D eigenvalue weighted by Crippen LogP contribution is -2.13. The fraction of sp³-hybridized carbons (Fsp3) is 0.357. The number of nitrogens with zero attached hydrogens (tertiary/aromatic N) is 3. The summed E-state index contributed by atoms with van der Waals surface area (Å²) in [7, 11) is 0. The van der Waals surface area contributed by atoms with E-state index < -0.39 is 11.7 Å². The van der Waals surface area contributed by atoms with Crippen molar-refractivity contribution in [1.29, 1.82) is 0 Å². The van der Waals surface area contributed by atoms with E-state index >= 15 is 0 Å². The molecule has 2 heterocycles. The van der Waals surface area contributed by atoms with E-state index in [4.69, 9.17) is 11.6 Å². The Bertz CT molecular complexity index is 600. The van der Waals surface area contributed by atoms with Gasteiger partial charge in [0, 0.05) is 25.0 Å². The second-order valence-electron chi connectivity index (χ2n) is 4.10. The molecule has 0 radical (unpaired) electrons. The zero-order chi connectivity index (χ0) is 16.0. The highest BCUT2D eigenvalue weighted by atomic mass is 35.5. The summed E-state index contributed by atoms with van der Waals surface area (Å²) in [4.78, 5) is 11.2. The smallest absolute Gasteiger partial charge is 0.303 e. The van der Waals surface area contributed by atoms with Crippen LogP contribution in [-0.4, -0.2) is 15.0 Å². The molecule has 0 atom stereocenters. The molecule has 21 heavy (non-hydrogen) atoms. The molecule has 0 aliphatic carbocycles. The van der Waals surface area contributed by atoms with Crippen LogP contribution in [0.1, 0.15) is 32.2 Å². The average molecular weight is 315 g/mol. The highest BCUT2D eigenvalue weighted by Gasteiger charge is 2.28. The summed E-state index contributed by atoms with van der Waals surface area (Å²) in [6.45, 7) is 6.57. The number of rotatable bonds is 3. The number of aryl methyl sites for hydroxylation is 1. The Labute approximate surface area is 127 Å². The quantitative estimate of drug-likeness (QED) is 0.833. The summed E-state index contributed by atoms with van der Waals surface area (Å²) in [6, 6.07) is 3.10. The lowest BCUT2D eigenvalue weighted by molar-refractivity contribution is 0.00783. The van der Waals surface area contributed by atoms with Crippen LogP contribution in [-0.2, 0) is 5.92 Å². The molecular weight excluding hydrogens is 298 g/mol. The van der Waals surface area contributed by atoms with Gasteiger partial charge in [0.25, 0.3) is 0 Å². The molecule has 0 saturated heterocycles. The Morgan fingerprint density at radius 2 is 1.90 bits per heavy atom. The third-order valence-electron chi connectivity index (χ3n) is 2.38. The number of aromatic nitrogens is 3. The van der Waals surface area contributed by atoms with Crippen LogP contribution in [0.2, 0.25) is 5.15 Å². The van der Waals surface area contributed by atoms with E-state index in [1.807, 2.05) is 20.8 Å². The predicted molar refractivity (Wildman–Crippen MR) is 80.2 cm³/mol. The molecule has 0 amide bonds. The molecule has 0 aliphatic rings. The summed E-state index contributed by atoms with van der Waals surface area (Å²) in [5, 5.41) is 3.23. The number of pyridine rings is 1. The Kier molecular flexibility index (Phi) is 5.96. The SMILES string of the molecule is CC.Cc1cnc(Cl)cc1Nc1ccnc(C(C)(F)F)n1. The van der Waals surface area contributed by atoms with Crippen molar-refractivity contribution in [3.05, 3.63) is 41.1 Å². The van der Waals surface area contributed by atoms with Gasteiger partial charge in [0.05, 0.1) is 0 Å². The van der Waals surface area contributed by atoms with Crippen LogP contribution in [0.5, 0.6) is 0 Å². The molecule has 2 aromatic heterocycles. The molecule has 7 heteroatoms. The van der Waals surface area contributed by atoms with Crippen LogP contribution >= 0.6 is 11.6 Å². The van der Waals surface area contributed by atoms with Gasteiger partial charge < -0.3 is 5.32 Å². The van der Waals surface area contributed by atoms with Gasteiger partial charge in [-0.2, -0.15) is 8.78 Å². The van der Waals surface area contributed by atoms with E-state index in [2.05, 4.69) is 20.3 Å². The van der Waals surface area contributed by atoms with Crippen LogP contribution in [0.25, 0.3) is 0 Å². The average Bonchev–Trinajstić information content (AvgIpc) is 2.44. The second kappa shape index (κ2) is 7.26. The fourth-order valence-corrected chi connectivity index (χ4v) is 1.57. The maximum Gasteiger partial charge on any atom is 0.303 e. The normalized spacial score (nSPS) is 10.6. The summed E-state index contributed by atoms with van der Waals surface area (Å²) in [6.07, 6.45) is 2.86. The number of alkyl halides is 2. The molecule has 2 rings (SSSR count).